The first-order valence-electron chi connectivity index (χ1n) is 8.03. The summed E-state index contributed by atoms with van der Waals surface area (Å²) in [5, 5.41) is 10.5. The van der Waals surface area contributed by atoms with Crippen LogP contribution in [-0.2, 0) is 17.2 Å². The Hall–Kier alpha value is -0.880. The van der Waals surface area contributed by atoms with E-state index < -0.39 is 10.8 Å². The van der Waals surface area contributed by atoms with Crippen LogP contribution in [0.4, 0.5) is 4.79 Å². The number of rotatable bonds is 6. The van der Waals surface area contributed by atoms with Gasteiger partial charge >= 0.3 is 6.03 Å². The quantitative estimate of drug-likeness (QED) is 0.835. The predicted octanol–water partition coefficient (Wildman–Crippen LogP) is 3.06. The average Bonchev–Trinajstić information content (AvgIpc) is 2.99. The van der Waals surface area contributed by atoms with Crippen molar-refractivity contribution in [1.82, 2.24) is 10.6 Å². The Morgan fingerprint density at radius 1 is 1.50 bits per heavy atom. The van der Waals surface area contributed by atoms with Crippen LogP contribution in [0.2, 0.25) is 0 Å². The Kier molecular flexibility index (Phi) is 6.89. The molecule has 0 aliphatic heterocycles. The third-order valence-electron chi connectivity index (χ3n) is 4.12. The smallest absolute Gasteiger partial charge is 0.315 e. The molecule has 1 aromatic rings. The minimum Gasteiger partial charge on any atom is -0.335 e. The summed E-state index contributed by atoms with van der Waals surface area (Å²) < 4.78 is 11.9. The van der Waals surface area contributed by atoms with Crippen LogP contribution in [0, 0.1) is 0 Å². The fourth-order valence-electron chi connectivity index (χ4n) is 3.01. The summed E-state index contributed by atoms with van der Waals surface area (Å²) in [4.78, 5) is 12.1. The lowest BCUT2D eigenvalue weighted by Gasteiger charge is -2.29. The Labute approximate surface area is 139 Å². The van der Waals surface area contributed by atoms with Gasteiger partial charge in [-0.3, -0.25) is 4.21 Å². The Balaban J connectivity index is 1.75. The van der Waals surface area contributed by atoms with E-state index in [2.05, 4.69) is 27.5 Å². The molecular weight excluding hydrogens is 316 g/mol. The number of urea groups is 1. The molecule has 0 bridgehead atoms. The van der Waals surface area contributed by atoms with E-state index in [1.165, 1.54) is 5.56 Å². The van der Waals surface area contributed by atoms with E-state index in [-0.39, 0.29) is 23.4 Å². The second-order valence-electron chi connectivity index (χ2n) is 6.01. The molecule has 4 unspecified atom stereocenters. The van der Waals surface area contributed by atoms with Crippen molar-refractivity contribution in [3.8, 4) is 0 Å². The average molecular weight is 343 g/mol. The lowest BCUT2D eigenvalue weighted by molar-refractivity contribution is 0.229. The van der Waals surface area contributed by atoms with Gasteiger partial charge in [0.1, 0.15) is 0 Å². The summed E-state index contributed by atoms with van der Waals surface area (Å²) in [7, 11) is -0.752. The Morgan fingerprint density at radius 2 is 2.32 bits per heavy atom. The summed E-state index contributed by atoms with van der Waals surface area (Å²) in [6.07, 6.45) is 4.75. The first kappa shape index (κ1) is 17.5. The van der Waals surface area contributed by atoms with Gasteiger partial charge in [0.2, 0.25) is 0 Å². The fourth-order valence-corrected chi connectivity index (χ4v) is 5.04. The first-order chi connectivity index (χ1) is 10.6. The Morgan fingerprint density at radius 3 is 3.00 bits per heavy atom. The highest BCUT2D eigenvalue weighted by molar-refractivity contribution is 7.85. The summed E-state index contributed by atoms with van der Waals surface area (Å²) in [5.74, 6) is 0.710. The SMILES string of the molecule is CCS(=O)C1CCCC(NC(=O)NC(C)Cc2ccsc2)C1. The summed E-state index contributed by atoms with van der Waals surface area (Å²) in [5.41, 5.74) is 1.26. The van der Waals surface area contributed by atoms with Gasteiger partial charge in [-0.25, -0.2) is 4.79 Å². The molecule has 1 fully saturated rings. The monoisotopic (exact) mass is 342 g/mol. The summed E-state index contributed by atoms with van der Waals surface area (Å²) >= 11 is 1.68. The number of carbonyl (C=O) groups is 1. The van der Waals surface area contributed by atoms with E-state index in [0.29, 0.717) is 5.75 Å². The Bertz CT molecular complexity index is 490. The molecule has 4 atom stereocenters. The molecule has 0 spiro atoms. The number of hydrogen-bond donors (Lipinski definition) is 2. The number of hydrogen-bond acceptors (Lipinski definition) is 3. The van der Waals surface area contributed by atoms with Crippen LogP contribution in [-0.4, -0.2) is 33.3 Å². The molecule has 1 aromatic heterocycles. The second-order valence-corrected chi connectivity index (χ2v) is 8.80. The number of thiophene rings is 1. The van der Waals surface area contributed by atoms with Crippen LogP contribution in [0.5, 0.6) is 0 Å². The molecule has 6 heteroatoms. The zero-order valence-corrected chi connectivity index (χ0v) is 15.0. The highest BCUT2D eigenvalue weighted by Crippen LogP contribution is 2.23. The van der Waals surface area contributed by atoms with Gasteiger partial charge in [0.25, 0.3) is 0 Å². The molecule has 0 saturated heterocycles. The maximum Gasteiger partial charge on any atom is 0.315 e. The van der Waals surface area contributed by atoms with Gasteiger partial charge in [0.15, 0.2) is 0 Å². The van der Waals surface area contributed by atoms with Crippen molar-refractivity contribution in [1.29, 1.82) is 0 Å². The molecule has 2 rings (SSSR count). The van der Waals surface area contributed by atoms with Gasteiger partial charge < -0.3 is 10.6 Å². The van der Waals surface area contributed by atoms with Crippen LogP contribution in [0.1, 0.15) is 45.1 Å². The van der Waals surface area contributed by atoms with E-state index in [0.717, 1.165) is 32.1 Å². The van der Waals surface area contributed by atoms with Crippen molar-refractivity contribution in [2.75, 3.05) is 5.75 Å². The standard InChI is InChI=1S/C16H26N2O2S2/c1-3-22(20)15-6-4-5-14(10-15)18-16(19)17-12(2)9-13-7-8-21-11-13/h7-8,11-12,14-15H,3-6,9-10H2,1-2H3,(H2,17,18,19). The maximum absolute atomic E-state index is 12.1. The van der Waals surface area contributed by atoms with Crippen LogP contribution in [0.3, 0.4) is 0 Å². The molecule has 2 N–H and O–H groups in total. The molecule has 0 radical (unpaired) electrons. The molecular formula is C16H26N2O2S2. The fraction of sp³-hybridized carbons (Fsp3) is 0.688. The lowest BCUT2D eigenvalue weighted by Crippen LogP contribution is -2.48. The van der Waals surface area contributed by atoms with Crippen molar-refractivity contribution >= 4 is 28.2 Å². The van der Waals surface area contributed by atoms with Crippen molar-refractivity contribution in [2.24, 2.45) is 0 Å². The van der Waals surface area contributed by atoms with Crippen molar-refractivity contribution in [3.05, 3.63) is 22.4 Å². The van der Waals surface area contributed by atoms with E-state index >= 15 is 0 Å². The molecule has 1 aliphatic carbocycles. The third-order valence-corrected chi connectivity index (χ3v) is 6.59. The van der Waals surface area contributed by atoms with Gasteiger partial charge in [-0.1, -0.05) is 13.3 Å². The molecule has 1 aliphatic rings. The minimum atomic E-state index is -0.752. The highest BCUT2D eigenvalue weighted by atomic mass is 32.2. The van der Waals surface area contributed by atoms with E-state index in [1.807, 2.05) is 13.8 Å². The van der Waals surface area contributed by atoms with Crippen LogP contribution < -0.4 is 10.6 Å². The van der Waals surface area contributed by atoms with Gasteiger partial charge in [-0.05, 0) is 55.0 Å². The number of amides is 2. The van der Waals surface area contributed by atoms with E-state index in [9.17, 15) is 9.00 Å². The molecule has 22 heavy (non-hydrogen) atoms. The summed E-state index contributed by atoms with van der Waals surface area (Å²) in [6, 6.07) is 2.25. The van der Waals surface area contributed by atoms with Gasteiger partial charge in [0.05, 0.1) is 0 Å². The zero-order valence-electron chi connectivity index (χ0n) is 13.3. The van der Waals surface area contributed by atoms with Crippen LogP contribution in [0.15, 0.2) is 16.8 Å². The van der Waals surface area contributed by atoms with E-state index in [4.69, 9.17) is 0 Å². The normalized spacial score (nSPS) is 24.5. The van der Waals surface area contributed by atoms with Gasteiger partial charge in [-0.15, -0.1) is 0 Å². The number of nitrogens with one attached hydrogen (secondary N) is 2. The lowest BCUT2D eigenvalue weighted by atomic mass is 9.95. The second kappa shape index (κ2) is 8.67. The topological polar surface area (TPSA) is 58.2 Å². The summed E-state index contributed by atoms with van der Waals surface area (Å²) in [6.45, 7) is 3.99. The highest BCUT2D eigenvalue weighted by Gasteiger charge is 2.26. The molecule has 2 amide bonds. The van der Waals surface area contributed by atoms with E-state index in [1.54, 1.807) is 11.3 Å². The number of carbonyl (C=O) groups excluding carboxylic acids is 1. The molecule has 1 heterocycles. The first-order valence-corrected chi connectivity index (χ1v) is 10.4. The van der Waals surface area contributed by atoms with Gasteiger partial charge in [-0.2, -0.15) is 11.3 Å². The predicted molar refractivity (Wildman–Crippen MR) is 93.9 cm³/mol. The van der Waals surface area contributed by atoms with Crippen molar-refractivity contribution in [2.45, 2.75) is 63.3 Å². The largest absolute Gasteiger partial charge is 0.335 e. The van der Waals surface area contributed by atoms with Crippen molar-refractivity contribution in [3.63, 3.8) is 0 Å². The minimum absolute atomic E-state index is 0.101. The van der Waals surface area contributed by atoms with Gasteiger partial charge in [0, 0.05) is 33.9 Å². The third kappa shape index (κ3) is 5.39. The maximum atomic E-state index is 12.1. The van der Waals surface area contributed by atoms with Crippen LogP contribution >= 0.6 is 11.3 Å². The molecule has 4 nitrogen and oxygen atoms in total. The molecule has 1 saturated carbocycles. The molecule has 0 aromatic carbocycles. The zero-order chi connectivity index (χ0) is 15.9. The van der Waals surface area contributed by atoms with Crippen LogP contribution in [0.25, 0.3) is 0 Å². The molecule has 124 valence electrons. The van der Waals surface area contributed by atoms with Crippen molar-refractivity contribution < 1.29 is 9.00 Å².